The number of nitrogens with zero attached hydrogens (tertiary/aromatic N) is 3. The molecule has 6 nitrogen and oxygen atoms in total. The van der Waals surface area contributed by atoms with Crippen molar-refractivity contribution in [1.29, 1.82) is 0 Å². The summed E-state index contributed by atoms with van der Waals surface area (Å²) in [4.78, 5) is 17.1. The number of aromatic carboxylic acids is 1. The molecule has 1 aromatic heterocycles. The lowest BCUT2D eigenvalue weighted by Gasteiger charge is -2.26. The third kappa shape index (κ3) is 2.40. The van der Waals surface area contributed by atoms with Gasteiger partial charge in [-0.25, -0.2) is 9.78 Å². The first-order valence-electron chi connectivity index (χ1n) is 5.35. The zero-order valence-corrected chi connectivity index (χ0v) is 9.31. The Hall–Kier alpha value is -1.40. The van der Waals surface area contributed by atoms with Crippen molar-refractivity contribution >= 4 is 5.97 Å². The molecule has 0 spiro atoms. The molecule has 2 N–H and O–H groups in total. The molecular formula is C10H16N4O2. The van der Waals surface area contributed by atoms with Gasteiger partial charge in [-0.05, 0) is 0 Å². The number of imidazole rings is 1. The lowest BCUT2D eigenvalue weighted by Crippen LogP contribution is -2.43. The maximum Gasteiger partial charge on any atom is 0.356 e. The maximum absolute atomic E-state index is 10.8. The molecule has 0 aromatic carbocycles. The van der Waals surface area contributed by atoms with Crippen molar-refractivity contribution in [2.45, 2.75) is 6.54 Å². The largest absolute Gasteiger partial charge is 0.476 e. The number of carbonyl (C=O) groups is 1. The Balaban J connectivity index is 2.05. The highest BCUT2D eigenvalue weighted by molar-refractivity contribution is 5.85. The first kappa shape index (κ1) is 11.1. The number of carboxylic acids is 1. The molecule has 0 amide bonds. The Morgan fingerprint density at radius 3 is 2.81 bits per heavy atom. The van der Waals surface area contributed by atoms with Gasteiger partial charge in [-0.3, -0.25) is 4.90 Å². The minimum Gasteiger partial charge on any atom is -0.476 e. The molecule has 1 fully saturated rings. The lowest BCUT2D eigenvalue weighted by atomic mass is 10.3. The van der Waals surface area contributed by atoms with Crippen LogP contribution in [-0.4, -0.2) is 51.7 Å². The van der Waals surface area contributed by atoms with Crippen molar-refractivity contribution in [2.75, 3.05) is 26.2 Å². The van der Waals surface area contributed by atoms with E-state index in [0.717, 1.165) is 32.0 Å². The van der Waals surface area contributed by atoms with Crippen LogP contribution in [0.4, 0.5) is 0 Å². The smallest absolute Gasteiger partial charge is 0.356 e. The fourth-order valence-corrected chi connectivity index (χ4v) is 1.82. The average Bonchev–Trinajstić information content (AvgIpc) is 2.62. The van der Waals surface area contributed by atoms with E-state index in [4.69, 9.17) is 5.11 Å². The van der Waals surface area contributed by atoms with E-state index in [1.165, 1.54) is 0 Å². The Bertz CT molecular complexity index is 382. The van der Waals surface area contributed by atoms with Crippen LogP contribution in [0.25, 0.3) is 0 Å². The number of piperazine rings is 1. The fraction of sp³-hybridized carbons (Fsp3) is 0.600. The minimum absolute atomic E-state index is 0.118. The van der Waals surface area contributed by atoms with E-state index in [1.54, 1.807) is 10.8 Å². The van der Waals surface area contributed by atoms with Crippen molar-refractivity contribution in [3.63, 3.8) is 0 Å². The van der Waals surface area contributed by atoms with Crippen LogP contribution < -0.4 is 5.32 Å². The summed E-state index contributed by atoms with van der Waals surface area (Å²) in [5, 5.41) is 12.1. The van der Waals surface area contributed by atoms with Crippen molar-refractivity contribution in [2.24, 2.45) is 7.05 Å². The molecule has 1 aliphatic rings. The van der Waals surface area contributed by atoms with E-state index in [2.05, 4.69) is 15.2 Å². The van der Waals surface area contributed by atoms with Crippen LogP contribution in [0.15, 0.2) is 6.20 Å². The van der Waals surface area contributed by atoms with Crippen LogP contribution in [-0.2, 0) is 13.6 Å². The molecule has 0 unspecified atom stereocenters. The van der Waals surface area contributed by atoms with Gasteiger partial charge in [0.1, 0.15) is 5.82 Å². The van der Waals surface area contributed by atoms with E-state index in [-0.39, 0.29) is 5.69 Å². The van der Waals surface area contributed by atoms with Gasteiger partial charge in [-0.1, -0.05) is 0 Å². The molecule has 0 saturated carbocycles. The Labute approximate surface area is 93.9 Å². The number of nitrogens with one attached hydrogen (secondary N) is 1. The first-order valence-corrected chi connectivity index (χ1v) is 5.35. The molecule has 16 heavy (non-hydrogen) atoms. The molecule has 2 heterocycles. The van der Waals surface area contributed by atoms with Gasteiger partial charge in [0.2, 0.25) is 0 Å². The number of aromatic nitrogens is 2. The molecule has 1 saturated heterocycles. The molecule has 0 aliphatic carbocycles. The van der Waals surface area contributed by atoms with Gasteiger partial charge in [-0.2, -0.15) is 0 Å². The van der Waals surface area contributed by atoms with Gasteiger partial charge in [0, 0.05) is 39.4 Å². The van der Waals surface area contributed by atoms with Crippen LogP contribution in [0, 0.1) is 0 Å². The second kappa shape index (κ2) is 4.63. The van der Waals surface area contributed by atoms with Gasteiger partial charge >= 0.3 is 5.97 Å². The Kier molecular flexibility index (Phi) is 3.21. The molecule has 6 heteroatoms. The van der Waals surface area contributed by atoms with Crippen LogP contribution in [0.5, 0.6) is 0 Å². The number of hydrogen-bond acceptors (Lipinski definition) is 4. The molecule has 1 aromatic rings. The second-order valence-electron chi connectivity index (χ2n) is 3.98. The second-order valence-corrected chi connectivity index (χ2v) is 3.98. The van der Waals surface area contributed by atoms with Crippen molar-refractivity contribution < 1.29 is 9.90 Å². The summed E-state index contributed by atoms with van der Waals surface area (Å²) in [6.07, 6.45) is 1.56. The third-order valence-corrected chi connectivity index (χ3v) is 2.77. The number of hydrogen-bond donors (Lipinski definition) is 2. The molecule has 88 valence electrons. The summed E-state index contributed by atoms with van der Waals surface area (Å²) in [6.45, 7) is 4.64. The standard InChI is InChI=1S/C10H16N4O2/c1-13-6-8(10(15)16)12-9(13)7-14-4-2-11-3-5-14/h6,11H,2-5,7H2,1H3,(H,15,16). The van der Waals surface area contributed by atoms with E-state index in [0.29, 0.717) is 6.54 Å². The summed E-state index contributed by atoms with van der Waals surface area (Å²) >= 11 is 0. The van der Waals surface area contributed by atoms with E-state index in [1.807, 2.05) is 7.05 Å². The van der Waals surface area contributed by atoms with Gasteiger partial charge < -0.3 is 15.0 Å². The molecule has 0 radical (unpaired) electrons. The van der Waals surface area contributed by atoms with Gasteiger partial charge in [0.05, 0.1) is 6.54 Å². The fourth-order valence-electron chi connectivity index (χ4n) is 1.82. The zero-order chi connectivity index (χ0) is 11.5. The predicted molar refractivity (Wildman–Crippen MR) is 58.3 cm³/mol. The van der Waals surface area contributed by atoms with Gasteiger partial charge in [0.25, 0.3) is 0 Å². The monoisotopic (exact) mass is 224 g/mol. The highest BCUT2D eigenvalue weighted by atomic mass is 16.4. The van der Waals surface area contributed by atoms with Crippen LogP contribution >= 0.6 is 0 Å². The highest BCUT2D eigenvalue weighted by Gasteiger charge is 2.15. The van der Waals surface area contributed by atoms with Crippen molar-refractivity contribution in [3.05, 3.63) is 17.7 Å². The number of aryl methyl sites for hydroxylation is 1. The number of carboxylic acid groups (broad SMARTS) is 1. The Morgan fingerprint density at radius 1 is 1.56 bits per heavy atom. The van der Waals surface area contributed by atoms with Crippen molar-refractivity contribution in [3.8, 4) is 0 Å². The average molecular weight is 224 g/mol. The maximum atomic E-state index is 10.8. The zero-order valence-electron chi connectivity index (χ0n) is 9.31. The SMILES string of the molecule is Cn1cc(C(=O)O)nc1CN1CCNCC1. The molecule has 0 atom stereocenters. The third-order valence-electron chi connectivity index (χ3n) is 2.77. The number of rotatable bonds is 3. The van der Waals surface area contributed by atoms with Crippen molar-refractivity contribution in [1.82, 2.24) is 19.8 Å². The normalized spacial score (nSPS) is 17.6. The van der Waals surface area contributed by atoms with E-state index >= 15 is 0 Å². The van der Waals surface area contributed by atoms with Crippen LogP contribution in [0.3, 0.4) is 0 Å². The molecule has 2 rings (SSSR count). The molecule has 0 bridgehead atoms. The first-order chi connectivity index (χ1) is 7.66. The predicted octanol–water partition coefficient (Wildman–Crippen LogP) is -0.476. The van der Waals surface area contributed by atoms with E-state index < -0.39 is 5.97 Å². The van der Waals surface area contributed by atoms with Crippen LogP contribution in [0.1, 0.15) is 16.3 Å². The quantitative estimate of drug-likeness (QED) is 0.726. The Morgan fingerprint density at radius 2 is 2.25 bits per heavy atom. The summed E-state index contributed by atoms with van der Waals surface area (Å²) in [5.41, 5.74) is 0.118. The molecular weight excluding hydrogens is 208 g/mol. The summed E-state index contributed by atoms with van der Waals surface area (Å²) in [7, 11) is 1.83. The van der Waals surface area contributed by atoms with Gasteiger partial charge in [0.15, 0.2) is 5.69 Å². The topological polar surface area (TPSA) is 70.4 Å². The van der Waals surface area contributed by atoms with E-state index in [9.17, 15) is 4.79 Å². The lowest BCUT2D eigenvalue weighted by molar-refractivity contribution is 0.0690. The summed E-state index contributed by atoms with van der Waals surface area (Å²) < 4.78 is 1.78. The molecule has 1 aliphatic heterocycles. The van der Waals surface area contributed by atoms with Gasteiger partial charge in [-0.15, -0.1) is 0 Å². The highest BCUT2D eigenvalue weighted by Crippen LogP contribution is 2.06. The summed E-state index contributed by atoms with van der Waals surface area (Å²) in [6, 6.07) is 0. The summed E-state index contributed by atoms with van der Waals surface area (Å²) in [5.74, 6) is -0.165. The van der Waals surface area contributed by atoms with Crippen LogP contribution in [0.2, 0.25) is 0 Å². The minimum atomic E-state index is -0.970.